The third kappa shape index (κ3) is 5.78. The number of carbonyl (C=O) groups excluding carboxylic acids is 2. The summed E-state index contributed by atoms with van der Waals surface area (Å²) in [5.41, 5.74) is 1.31. The van der Waals surface area contributed by atoms with Crippen molar-refractivity contribution in [1.82, 2.24) is 5.32 Å². The second kappa shape index (κ2) is 10.2. The minimum atomic E-state index is -1.37. The molecule has 0 unspecified atom stereocenters. The third-order valence-corrected chi connectivity index (χ3v) is 4.32. The molecule has 156 valence electrons. The largest absolute Gasteiger partial charge is 0.548 e. The van der Waals surface area contributed by atoms with E-state index in [1.165, 1.54) is 28.4 Å². The first-order valence-electron chi connectivity index (χ1n) is 8.83. The van der Waals surface area contributed by atoms with Crippen LogP contribution in [-0.2, 0) is 22.4 Å². The summed E-state index contributed by atoms with van der Waals surface area (Å²) in [6.45, 7) is 0. The lowest BCUT2D eigenvalue weighted by molar-refractivity contribution is -0.308. The van der Waals surface area contributed by atoms with E-state index in [2.05, 4.69) is 5.32 Å². The average Bonchev–Trinajstić information content (AvgIpc) is 2.72. The fourth-order valence-corrected chi connectivity index (χ4v) is 2.86. The number of carbonyl (C=O) groups is 2. The van der Waals surface area contributed by atoms with Gasteiger partial charge in [-0.1, -0.05) is 12.1 Å². The highest BCUT2D eigenvalue weighted by molar-refractivity contribution is 5.84. The molecule has 0 fully saturated rings. The predicted molar refractivity (Wildman–Crippen MR) is 103 cm³/mol. The summed E-state index contributed by atoms with van der Waals surface area (Å²) in [6, 6.07) is 8.91. The zero-order valence-electron chi connectivity index (χ0n) is 16.8. The molecule has 1 N–H and O–H groups in total. The summed E-state index contributed by atoms with van der Waals surface area (Å²) in [5.74, 6) is 0.196. The van der Waals surface area contributed by atoms with Gasteiger partial charge in [0, 0.05) is 0 Å². The molecule has 0 aliphatic heterocycles. The number of benzene rings is 2. The Morgan fingerprint density at radius 3 is 1.79 bits per heavy atom. The topological polar surface area (TPSA) is 106 Å². The molecule has 2 aromatic carbocycles. The van der Waals surface area contributed by atoms with Crippen molar-refractivity contribution in [2.24, 2.45) is 0 Å². The van der Waals surface area contributed by atoms with Crippen LogP contribution in [0, 0.1) is 0 Å². The Hall–Kier alpha value is -3.42. The van der Waals surface area contributed by atoms with Crippen LogP contribution in [0.25, 0.3) is 0 Å². The highest BCUT2D eigenvalue weighted by Gasteiger charge is 2.17. The minimum absolute atomic E-state index is 0.0178. The van der Waals surface area contributed by atoms with Gasteiger partial charge >= 0.3 is 0 Å². The van der Waals surface area contributed by atoms with E-state index in [-0.39, 0.29) is 12.8 Å². The van der Waals surface area contributed by atoms with Gasteiger partial charge in [0.25, 0.3) is 0 Å². The van der Waals surface area contributed by atoms with Gasteiger partial charge in [-0.15, -0.1) is 0 Å². The quantitative estimate of drug-likeness (QED) is 0.625. The van der Waals surface area contributed by atoms with E-state index in [1.54, 1.807) is 36.4 Å². The highest BCUT2D eigenvalue weighted by atomic mass is 16.5. The Morgan fingerprint density at radius 2 is 1.31 bits per heavy atom. The van der Waals surface area contributed by atoms with Crippen LogP contribution in [0.4, 0.5) is 0 Å². The van der Waals surface area contributed by atoms with Gasteiger partial charge in [0.2, 0.25) is 5.91 Å². The van der Waals surface area contributed by atoms with Crippen molar-refractivity contribution in [1.29, 1.82) is 0 Å². The van der Waals surface area contributed by atoms with Crippen molar-refractivity contribution in [3.63, 3.8) is 0 Å². The lowest BCUT2D eigenvalue weighted by Gasteiger charge is -2.20. The van der Waals surface area contributed by atoms with Gasteiger partial charge in [-0.25, -0.2) is 0 Å². The first kappa shape index (κ1) is 21.9. The van der Waals surface area contributed by atoms with Crippen molar-refractivity contribution < 1.29 is 33.6 Å². The van der Waals surface area contributed by atoms with Crippen LogP contribution >= 0.6 is 0 Å². The molecule has 0 aliphatic rings. The summed E-state index contributed by atoms with van der Waals surface area (Å²) >= 11 is 0. The summed E-state index contributed by atoms with van der Waals surface area (Å²) in [4.78, 5) is 23.9. The number of aliphatic carboxylic acids is 1. The number of carboxylic acids is 1. The molecule has 8 heteroatoms. The fourth-order valence-electron chi connectivity index (χ4n) is 2.86. The Bertz CT molecular complexity index is 866. The zero-order valence-corrected chi connectivity index (χ0v) is 16.8. The van der Waals surface area contributed by atoms with Gasteiger partial charge in [-0.3, -0.25) is 4.79 Å². The summed E-state index contributed by atoms with van der Waals surface area (Å²) in [6.07, 6.45) is 0.0242. The molecule has 0 radical (unpaired) electrons. The maximum Gasteiger partial charge on any atom is 0.224 e. The van der Waals surface area contributed by atoms with Crippen LogP contribution in [0.15, 0.2) is 36.4 Å². The molecule has 0 saturated heterocycles. The Labute approximate surface area is 169 Å². The minimum Gasteiger partial charge on any atom is -0.548 e. The third-order valence-electron chi connectivity index (χ3n) is 4.32. The fraction of sp³-hybridized carbons (Fsp3) is 0.333. The molecule has 0 bridgehead atoms. The van der Waals surface area contributed by atoms with Crippen LogP contribution in [0.1, 0.15) is 11.1 Å². The van der Waals surface area contributed by atoms with Crippen LogP contribution in [0.5, 0.6) is 23.0 Å². The number of hydrogen-bond donors (Lipinski definition) is 1. The van der Waals surface area contributed by atoms with Gasteiger partial charge in [0.1, 0.15) is 0 Å². The van der Waals surface area contributed by atoms with Crippen molar-refractivity contribution >= 4 is 11.9 Å². The van der Waals surface area contributed by atoms with Gasteiger partial charge in [-0.2, -0.15) is 0 Å². The maximum absolute atomic E-state index is 12.4. The standard InChI is InChI=1S/C21H25NO7/c1-26-16-7-5-13(10-18(16)28-3)9-15(21(24)25)22-20(23)12-14-6-8-17(27-2)19(11-14)29-4/h5-8,10-11,15H,9,12H2,1-4H3,(H,22,23)(H,24,25)/p-1/t15-/m0/s1. The Kier molecular flexibility index (Phi) is 7.70. The monoisotopic (exact) mass is 402 g/mol. The molecule has 29 heavy (non-hydrogen) atoms. The van der Waals surface area contributed by atoms with E-state index in [9.17, 15) is 14.7 Å². The van der Waals surface area contributed by atoms with E-state index in [0.717, 1.165) is 0 Å². The van der Waals surface area contributed by atoms with Gasteiger partial charge in [0.15, 0.2) is 23.0 Å². The lowest BCUT2D eigenvalue weighted by atomic mass is 10.0. The lowest BCUT2D eigenvalue weighted by Crippen LogP contribution is -2.49. The number of rotatable bonds is 10. The number of carboxylic acid groups (broad SMARTS) is 1. The van der Waals surface area contributed by atoms with Gasteiger partial charge < -0.3 is 34.2 Å². The molecule has 0 aromatic heterocycles. The van der Waals surface area contributed by atoms with E-state index >= 15 is 0 Å². The highest BCUT2D eigenvalue weighted by Crippen LogP contribution is 2.29. The van der Waals surface area contributed by atoms with Crippen molar-refractivity contribution in [3.8, 4) is 23.0 Å². The van der Waals surface area contributed by atoms with E-state index in [4.69, 9.17) is 18.9 Å². The van der Waals surface area contributed by atoms with Crippen LogP contribution in [0.2, 0.25) is 0 Å². The first-order chi connectivity index (χ1) is 13.9. The Morgan fingerprint density at radius 1 is 0.828 bits per heavy atom. The molecule has 8 nitrogen and oxygen atoms in total. The summed E-state index contributed by atoms with van der Waals surface area (Å²) in [7, 11) is 6.01. The summed E-state index contributed by atoms with van der Waals surface area (Å²) in [5, 5.41) is 14.0. The molecule has 2 aromatic rings. The predicted octanol–water partition coefficient (Wildman–Crippen LogP) is 0.741. The first-order valence-corrected chi connectivity index (χ1v) is 8.83. The molecule has 1 atom stereocenters. The SMILES string of the molecule is COc1ccc(CC(=O)N[C@@H](Cc2ccc(OC)c(OC)c2)C(=O)[O-])cc1OC. The van der Waals surface area contributed by atoms with Gasteiger partial charge in [0.05, 0.1) is 46.9 Å². The molecule has 0 spiro atoms. The molecule has 1 amide bonds. The van der Waals surface area contributed by atoms with Gasteiger partial charge in [-0.05, 0) is 41.8 Å². The number of hydrogen-bond acceptors (Lipinski definition) is 7. The molecule has 2 rings (SSSR count). The zero-order chi connectivity index (χ0) is 21.4. The molecular formula is C21H24NO7-. The molecule has 0 heterocycles. The number of ether oxygens (including phenoxy) is 4. The maximum atomic E-state index is 12.4. The second-order valence-electron chi connectivity index (χ2n) is 6.20. The second-order valence-corrected chi connectivity index (χ2v) is 6.20. The van der Waals surface area contributed by atoms with Crippen LogP contribution in [0.3, 0.4) is 0 Å². The van der Waals surface area contributed by atoms with Crippen molar-refractivity contribution in [2.45, 2.75) is 18.9 Å². The molecular weight excluding hydrogens is 378 g/mol. The van der Waals surface area contributed by atoms with Crippen LogP contribution in [-0.4, -0.2) is 46.4 Å². The van der Waals surface area contributed by atoms with E-state index in [1.807, 2.05) is 0 Å². The van der Waals surface area contributed by atoms with Crippen LogP contribution < -0.4 is 29.4 Å². The van der Waals surface area contributed by atoms with E-state index < -0.39 is 17.9 Å². The number of nitrogens with one attached hydrogen (secondary N) is 1. The van der Waals surface area contributed by atoms with Crippen molar-refractivity contribution in [3.05, 3.63) is 47.5 Å². The smallest absolute Gasteiger partial charge is 0.224 e. The number of methoxy groups -OCH3 is 4. The molecule has 0 aliphatic carbocycles. The summed E-state index contributed by atoms with van der Waals surface area (Å²) < 4.78 is 20.8. The Balaban J connectivity index is 2.08. The molecule has 0 saturated carbocycles. The normalized spacial score (nSPS) is 11.3. The van der Waals surface area contributed by atoms with Crippen molar-refractivity contribution in [2.75, 3.05) is 28.4 Å². The average molecular weight is 402 g/mol. The number of amides is 1. The van der Waals surface area contributed by atoms with E-state index in [0.29, 0.717) is 34.1 Å².